The molecule has 0 aliphatic carbocycles. The second-order valence-corrected chi connectivity index (χ2v) is 8.52. The highest BCUT2D eigenvalue weighted by Crippen LogP contribution is 2.22. The molecule has 0 unspecified atom stereocenters. The number of imidazole rings is 1. The number of ether oxygens (including phenoxy) is 2. The zero-order chi connectivity index (χ0) is 22.1. The number of anilines is 1. The first-order valence-corrected chi connectivity index (χ1v) is 9.30. The summed E-state index contributed by atoms with van der Waals surface area (Å²) in [5.74, 6) is -0.0384. The van der Waals surface area contributed by atoms with Crippen LogP contribution in [0.2, 0.25) is 0 Å². The molecule has 0 bridgehead atoms. The maximum absolute atomic E-state index is 12.8. The molecule has 0 fully saturated rings. The maximum atomic E-state index is 12.8. The number of carbonyl (C=O) groups excluding carboxylic acids is 2. The zero-order valence-corrected chi connectivity index (χ0v) is 17.8. The molecule has 0 saturated carbocycles. The second-order valence-electron chi connectivity index (χ2n) is 8.52. The van der Waals surface area contributed by atoms with E-state index >= 15 is 0 Å². The second kappa shape index (κ2) is 7.69. The van der Waals surface area contributed by atoms with Crippen LogP contribution in [0.15, 0.2) is 37.2 Å². The summed E-state index contributed by atoms with van der Waals surface area (Å²) in [6.45, 7) is 10.2. The number of fused-ring (bicyclic) bond motifs is 1. The van der Waals surface area contributed by atoms with Crippen molar-refractivity contribution < 1.29 is 19.1 Å². The van der Waals surface area contributed by atoms with E-state index in [2.05, 4.69) is 19.9 Å². The molecule has 0 aliphatic rings. The highest BCUT2D eigenvalue weighted by Gasteiger charge is 2.34. The number of hydrogen-bond acceptors (Lipinski definition) is 8. The highest BCUT2D eigenvalue weighted by atomic mass is 16.6. The molecule has 0 atom stereocenters. The van der Waals surface area contributed by atoms with Crippen LogP contribution < -0.4 is 4.90 Å². The molecule has 0 N–H and O–H groups in total. The van der Waals surface area contributed by atoms with E-state index in [4.69, 9.17) is 9.47 Å². The predicted octanol–water partition coefficient (Wildman–Crippen LogP) is 3.86. The van der Waals surface area contributed by atoms with Crippen molar-refractivity contribution in [2.24, 2.45) is 0 Å². The Balaban J connectivity index is 2.01. The average Bonchev–Trinajstić information content (AvgIpc) is 3.06. The van der Waals surface area contributed by atoms with Gasteiger partial charge in [0.25, 0.3) is 0 Å². The predicted molar refractivity (Wildman–Crippen MR) is 109 cm³/mol. The number of rotatable bonds is 2. The van der Waals surface area contributed by atoms with Crippen molar-refractivity contribution in [1.29, 1.82) is 0 Å². The normalized spacial score (nSPS) is 11.9. The first-order chi connectivity index (χ1) is 13.9. The molecule has 3 heterocycles. The lowest BCUT2D eigenvalue weighted by Gasteiger charge is -2.28. The van der Waals surface area contributed by atoms with Gasteiger partial charge in [-0.25, -0.2) is 24.5 Å². The smallest absolute Gasteiger partial charge is 0.425 e. The van der Waals surface area contributed by atoms with Crippen molar-refractivity contribution in [3.63, 3.8) is 0 Å². The molecule has 10 nitrogen and oxygen atoms in total. The summed E-state index contributed by atoms with van der Waals surface area (Å²) in [6.07, 6.45) is 7.66. The van der Waals surface area contributed by atoms with Gasteiger partial charge in [-0.15, -0.1) is 0 Å². The highest BCUT2D eigenvalue weighted by molar-refractivity contribution is 6.08. The number of hydrogen-bond donors (Lipinski definition) is 0. The van der Waals surface area contributed by atoms with Gasteiger partial charge in [0.2, 0.25) is 0 Å². The van der Waals surface area contributed by atoms with Crippen LogP contribution in [0.4, 0.5) is 15.4 Å². The molecular weight excluding hydrogens is 388 g/mol. The van der Waals surface area contributed by atoms with Gasteiger partial charge in [0.1, 0.15) is 22.6 Å². The summed E-state index contributed by atoms with van der Waals surface area (Å²) in [4.78, 5) is 43.3. The van der Waals surface area contributed by atoms with Gasteiger partial charge in [-0.05, 0) is 41.5 Å². The zero-order valence-electron chi connectivity index (χ0n) is 17.8. The largest absolute Gasteiger partial charge is 0.443 e. The van der Waals surface area contributed by atoms with E-state index in [1.165, 1.54) is 12.4 Å². The third-order valence-electron chi connectivity index (χ3n) is 3.54. The van der Waals surface area contributed by atoms with Gasteiger partial charge >= 0.3 is 12.2 Å². The van der Waals surface area contributed by atoms with Gasteiger partial charge in [0.15, 0.2) is 11.5 Å². The van der Waals surface area contributed by atoms with Crippen LogP contribution in [-0.2, 0) is 9.47 Å². The Morgan fingerprint density at radius 3 is 2.13 bits per heavy atom. The standard InChI is InChI=1S/C20H24N6O4/c1-19(2,3)29-17(27)26(18(28)30-20(4,5)6)16-10-21-9-13(24-16)14-12-25-8-7-22-15(25)11-23-14/h7-12H,1-6H3. The van der Waals surface area contributed by atoms with Crippen molar-refractivity contribution in [2.45, 2.75) is 52.7 Å². The number of imide groups is 1. The molecule has 0 aliphatic heterocycles. The Kier molecular flexibility index (Phi) is 5.43. The SMILES string of the molecule is CC(C)(C)OC(=O)N(C(=O)OC(C)(C)C)c1cncc(-c2cn3ccnc3cn2)n1. The van der Waals surface area contributed by atoms with Gasteiger partial charge in [-0.1, -0.05) is 0 Å². The molecule has 0 aromatic carbocycles. The molecule has 3 rings (SSSR count). The Hall–Kier alpha value is -3.56. The summed E-state index contributed by atoms with van der Waals surface area (Å²) in [5.41, 5.74) is -0.123. The van der Waals surface area contributed by atoms with Crippen molar-refractivity contribution in [1.82, 2.24) is 24.3 Å². The fraction of sp³-hybridized carbons (Fsp3) is 0.400. The van der Waals surface area contributed by atoms with Gasteiger partial charge in [0.05, 0.1) is 18.6 Å². The summed E-state index contributed by atoms with van der Waals surface area (Å²) >= 11 is 0. The summed E-state index contributed by atoms with van der Waals surface area (Å²) in [5, 5.41) is 0. The summed E-state index contributed by atoms with van der Waals surface area (Å²) in [6, 6.07) is 0. The first kappa shape index (κ1) is 21.2. The molecule has 10 heteroatoms. The molecule has 3 aromatic heterocycles. The lowest BCUT2D eigenvalue weighted by atomic mass is 10.2. The molecular formula is C20H24N6O4. The van der Waals surface area contributed by atoms with E-state index in [-0.39, 0.29) is 5.82 Å². The minimum Gasteiger partial charge on any atom is -0.443 e. The van der Waals surface area contributed by atoms with Crippen LogP contribution >= 0.6 is 0 Å². The Bertz CT molecular complexity index is 1050. The third-order valence-corrected chi connectivity index (χ3v) is 3.54. The van der Waals surface area contributed by atoms with E-state index in [0.29, 0.717) is 17.0 Å². The van der Waals surface area contributed by atoms with Gasteiger partial charge in [-0.3, -0.25) is 4.98 Å². The van der Waals surface area contributed by atoms with E-state index < -0.39 is 23.4 Å². The molecule has 2 amide bonds. The lowest BCUT2D eigenvalue weighted by Crippen LogP contribution is -2.44. The quantitative estimate of drug-likeness (QED) is 0.624. The number of aromatic nitrogens is 5. The molecule has 30 heavy (non-hydrogen) atoms. The topological polar surface area (TPSA) is 112 Å². The molecule has 0 radical (unpaired) electrons. The lowest BCUT2D eigenvalue weighted by molar-refractivity contribution is 0.0429. The molecule has 3 aromatic rings. The van der Waals surface area contributed by atoms with Crippen molar-refractivity contribution >= 4 is 23.7 Å². The number of nitrogens with zero attached hydrogens (tertiary/aromatic N) is 6. The third kappa shape index (κ3) is 5.07. The van der Waals surface area contributed by atoms with Crippen LogP contribution in [-0.4, -0.2) is 47.7 Å². The average molecular weight is 412 g/mol. The van der Waals surface area contributed by atoms with Crippen LogP contribution in [0.1, 0.15) is 41.5 Å². The van der Waals surface area contributed by atoms with Crippen LogP contribution in [0.25, 0.3) is 17.0 Å². The van der Waals surface area contributed by atoms with E-state index in [1.54, 1.807) is 70.7 Å². The number of carbonyl (C=O) groups is 2. The van der Waals surface area contributed by atoms with Gasteiger partial charge in [-0.2, -0.15) is 4.90 Å². The van der Waals surface area contributed by atoms with Crippen molar-refractivity contribution in [3.8, 4) is 11.4 Å². The maximum Gasteiger partial charge on any atom is 0.425 e. The Morgan fingerprint density at radius 1 is 0.900 bits per heavy atom. The molecule has 158 valence electrons. The van der Waals surface area contributed by atoms with E-state index in [0.717, 1.165) is 4.90 Å². The van der Waals surface area contributed by atoms with E-state index in [9.17, 15) is 9.59 Å². The fourth-order valence-corrected chi connectivity index (χ4v) is 2.42. The van der Waals surface area contributed by atoms with Crippen molar-refractivity contribution in [2.75, 3.05) is 4.90 Å². The molecule has 0 spiro atoms. The fourth-order valence-electron chi connectivity index (χ4n) is 2.42. The van der Waals surface area contributed by atoms with Crippen molar-refractivity contribution in [3.05, 3.63) is 37.2 Å². The Morgan fingerprint density at radius 2 is 1.53 bits per heavy atom. The summed E-state index contributed by atoms with van der Waals surface area (Å²) < 4.78 is 12.5. The minimum absolute atomic E-state index is 0.0384. The van der Waals surface area contributed by atoms with Crippen LogP contribution in [0.3, 0.4) is 0 Å². The van der Waals surface area contributed by atoms with Crippen LogP contribution in [0, 0.1) is 0 Å². The first-order valence-electron chi connectivity index (χ1n) is 9.30. The Labute approximate surface area is 173 Å². The van der Waals surface area contributed by atoms with Gasteiger partial charge in [0, 0.05) is 18.6 Å². The minimum atomic E-state index is -0.916. The van der Waals surface area contributed by atoms with E-state index in [1.807, 2.05) is 0 Å². The van der Waals surface area contributed by atoms with Crippen LogP contribution in [0.5, 0.6) is 0 Å². The molecule has 0 saturated heterocycles. The monoisotopic (exact) mass is 412 g/mol. The van der Waals surface area contributed by atoms with Gasteiger partial charge < -0.3 is 13.9 Å². The summed E-state index contributed by atoms with van der Waals surface area (Å²) in [7, 11) is 0. The number of amides is 2.